The van der Waals surface area contributed by atoms with Gasteiger partial charge in [0.05, 0.1) is 11.6 Å². The van der Waals surface area contributed by atoms with Crippen LogP contribution in [0.4, 0.5) is 17.2 Å². The van der Waals surface area contributed by atoms with Crippen LogP contribution in [0.15, 0.2) is 60.7 Å². The Hall–Kier alpha value is -3.72. The van der Waals surface area contributed by atoms with Crippen molar-refractivity contribution in [2.75, 3.05) is 10.6 Å². The van der Waals surface area contributed by atoms with Gasteiger partial charge in [0.2, 0.25) is 0 Å². The van der Waals surface area contributed by atoms with Crippen LogP contribution in [0, 0.1) is 18.3 Å². The smallest absolute Gasteiger partial charge is 0.276 e. The first kappa shape index (κ1) is 16.1. The number of rotatable bonds is 4. The van der Waals surface area contributed by atoms with E-state index >= 15 is 0 Å². The second-order valence-electron chi connectivity index (χ2n) is 5.39. The summed E-state index contributed by atoms with van der Waals surface area (Å²) in [5.74, 6) is 0.169. The summed E-state index contributed by atoms with van der Waals surface area (Å²) in [7, 11) is 0. The molecule has 0 radical (unpaired) electrons. The van der Waals surface area contributed by atoms with Gasteiger partial charge in [-0.2, -0.15) is 5.26 Å². The molecule has 0 aliphatic carbocycles. The first-order valence-corrected chi connectivity index (χ1v) is 7.63. The molecular formula is C19H15N5O. The first-order valence-electron chi connectivity index (χ1n) is 7.63. The van der Waals surface area contributed by atoms with Gasteiger partial charge in [-0.15, -0.1) is 10.2 Å². The van der Waals surface area contributed by atoms with Crippen LogP contribution in [-0.4, -0.2) is 16.1 Å². The summed E-state index contributed by atoms with van der Waals surface area (Å²) >= 11 is 0. The van der Waals surface area contributed by atoms with Crippen LogP contribution in [0.2, 0.25) is 0 Å². The maximum absolute atomic E-state index is 12.2. The summed E-state index contributed by atoms with van der Waals surface area (Å²) in [4.78, 5) is 12.2. The number of benzene rings is 2. The monoisotopic (exact) mass is 329 g/mol. The third-order valence-electron chi connectivity index (χ3n) is 3.55. The predicted molar refractivity (Wildman–Crippen MR) is 95.6 cm³/mol. The van der Waals surface area contributed by atoms with Crippen molar-refractivity contribution in [3.8, 4) is 6.07 Å². The van der Waals surface area contributed by atoms with Crippen molar-refractivity contribution < 1.29 is 4.79 Å². The van der Waals surface area contributed by atoms with E-state index in [1.165, 1.54) is 0 Å². The lowest BCUT2D eigenvalue weighted by Crippen LogP contribution is -2.14. The molecule has 0 atom stereocenters. The molecule has 0 fully saturated rings. The Balaban J connectivity index is 1.70. The van der Waals surface area contributed by atoms with Crippen molar-refractivity contribution in [2.24, 2.45) is 0 Å². The minimum absolute atomic E-state index is 0.192. The molecular weight excluding hydrogens is 314 g/mol. The largest absolute Gasteiger partial charge is 0.339 e. The van der Waals surface area contributed by atoms with Crippen LogP contribution < -0.4 is 10.6 Å². The summed E-state index contributed by atoms with van der Waals surface area (Å²) in [5, 5.41) is 22.7. The number of nitriles is 1. The van der Waals surface area contributed by atoms with E-state index in [1.807, 2.05) is 37.3 Å². The molecule has 122 valence electrons. The summed E-state index contributed by atoms with van der Waals surface area (Å²) in [5.41, 5.74) is 3.22. The molecule has 0 bridgehead atoms. The highest BCUT2D eigenvalue weighted by atomic mass is 16.1. The summed E-state index contributed by atoms with van der Waals surface area (Å²) in [6.45, 7) is 1.99. The summed E-state index contributed by atoms with van der Waals surface area (Å²) < 4.78 is 0. The van der Waals surface area contributed by atoms with E-state index in [-0.39, 0.29) is 11.6 Å². The van der Waals surface area contributed by atoms with Crippen LogP contribution in [0.25, 0.3) is 0 Å². The standard InChI is InChI=1S/C19H15N5O/c1-13-5-2-3-8-16(13)22-18-10-9-17(23-24-18)19(25)21-15-7-4-6-14(11-15)12-20/h2-11H,1H3,(H,21,25)(H,22,24). The molecule has 2 aromatic carbocycles. The van der Waals surface area contributed by atoms with Crippen molar-refractivity contribution in [2.45, 2.75) is 6.92 Å². The van der Waals surface area contributed by atoms with E-state index in [0.717, 1.165) is 11.3 Å². The van der Waals surface area contributed by atoms with Gasteiger partial charge in [0, 0.05) is 11.4 Å². The fourth-order valence-corrected chi connectivity index (χ4v) is 2.23. The highest BCUT2D eigenvalue weighted by molar-refractivity contribution is 6.02. The van der Waals surface area contributed by atoms with Crippen LogP contribution >= 0.6 is 0 Å². The molecule has 3 aromatic rings. The molecule has 0 aliphatic rings. The fourth-order valence-electron chi connectivity index (χ4n) is 2.23. The third kappa shape index (κ3) is 3.98. The average Bonchev–Trinajstić information content (AvgIpc) is 2.64. The first-order chi connectivity index (χ1) is 12.2. The second-order valence-corrected chi connectivity index (χ2v) is 5.39. The van der Waals surface area contributed by atoms with E-state index in [0.29, 0.717) is 17.1 Å². The van der Waals surface area contributed by atoms with Gasteiger partial charge in [0.15, 0.2) is 11.5 Å². The minimum Gasteiger partial charge on any atom is -0.339 e. The fraction of sp³-hybridized carbons (Fsp3) is 0.0526. The zero-order valence-corrected chi connectivity index (χ0v) is 13.5. The SMILES string of the molecule is Cc1ccccc1Nc1ccc(C(=O)Nc2cccc(C#N)c2)nn1. The Kier molecular flexibility index (Phi) is 4.67. The molecule has 1 heterocycles. The average molecular weight is 329 g/mol. The van der Waals surface area contributed by atoms with Crippen LogP contribution in [0.1, 0.15) is 21.6 Å². The number of hydrogen-bond acceptors (Lipinski definition) is 5. The number of carbonyl (C=O) groups excluding carboxylic acids is 1. The normalized spacial score (nSPS) is 9.92. The number of aromatic nitrogens is 2. The number of aryl methyl sites for hydroxylation is 1. The molecule has 0 spiro atoms. The van der Waals surface area contributed by atoms with Crippen molar-refractivity contribution in [1.82, 2.24) is 10.2 Å². The second kappa shape index (κ2) is 7.23. The number of para-hydroxylation sites is 1. The molecule has 3 rings (SSSR count). The number of anilines is 3. The Morgan fingerprint density at radius 1 is 1.04 bits per heavy atom. The van der Waals surface area contributed by atoms with E-state index < -0.39 is 0 Å². The molecule has 0 unspecified atom stereocenters. The maximum atomic E-state index is 12.2. The van der Waals surface area contributed by atoms with E-state index in [1.54, 1.807) is 36.4 Å². The molecule has 2 N–H and O–H groups in total. The zero-order chi connectivity index (χ0) is 17.6. The van der Waals surface area contributed by atoms with Crippen molar-refractivity contribution >= 4 is 23.1 Å². The van der Waals surface area contributed by atoms with Gasteiger partial charge in [0.1, 0.15) is 0 Å². The number of nitrogens with zero attached hydrogens (tertiary/aromatic N) is 3. The Morgan fingerprint density at radius 2 is 1.88 bits per heavy atom. The summed E-state index contributed by atoms with van der Waals surface area (Å²) in [6.07, 6.45) is 0. The van der Waals surface area contributed by atoms with Gasteiger partial charge < -0.3 is 10.6 Å². The highest BCUT2D eigenvalue weighted by Gasteiger charge is 2.09. The lowest BCUT2D eigenvalue weighted by atomic mass is 10.2. The van der Waals surface area contributed by atoms with E-state index in [4.69, 9.17) is 5.26 Å². The summed E-state index contributed by atoms with van der Waals surface area (Å²) in [6, 6.07) is 19.8. The number of carbonyl (C=O) groups is 1. The molecule has 0 saturated heterocycles. The maximum Gasteiger partial charge on any atom is 0.276 e. The lowest BCUT2D eigenvalue weighted by molar-refractivity contribution is 0.102. The molecule has 6 heteroatoms. The van der Waals surface area contributed by atoms with Crippen molar-refractivity contribution in [3.63, 3.8) is 0 Å². The molecule has 6 nitrogen and oxygen atoms in total. The van der Waals surface area contributed by atoms with Crippen LogP contribution in [0.5, 0.6) is 0 Å². The van der Waals surface area contributed by atoms with E-state index in [9.17, 15) is 4.79 Å². The van der Waals surface area contributed by atoms with E-state index in [2.05, 4.69) is 20.8 Å². The van der Waals surface area contributed by atoms with Crippen molar-refractivity contribution in [1.29, 1.82) is 5.26 Å². The molecule has 25 heavy (non-hydrogen) atoms. The Morgan fingerprint density at radius 3 is 2.60 bits per heavy atom. The van der Waals surface area contributed by atoms with Crippen LogP contribution in [0.3, 0.4) is 0 Å². The van der Waals surface area contributed by atoms with Gasteiger partial charge >= 0.3 is 0 Å². The molecule has 0 aliphatic heterocycles. The van der Waals surface area contributed by atoms with Gasteiger partial charge in [0.25, 0.3) is 5.91 Å². The third-order valence-corrected chi connectivity index (χ3v) is 3.55. The molecule has 0 saturated carbocycles. The van der Waals surface area contributed by atoms with Gasteiger partial charge in [-0.1, -0.05) is 24.3 Å². The number of hydrogen-bond donors (Lipinski definition) is 2. The van der Waals surface area contributed by atoms with Gasteiger partial charge in [-0.3, -0.25) is 4.79 Å². The quantitative estimate of drug-likeness (QED) is 0.762. The topological polar surface area (TPSA) is 90.7 Å². The van der Waals surface area contributed by atoms with Crippen molar-refractivity contribution in [3.05, 3.63) is 77.5 Å². The number of amides is 1. The molecule has 1 aromatic heterocycles. The van der Waals surface area contributed by atoms with Gasteiger partial charge in [-0.05, 0) is 48.9 Å². The Labute approximate surface area is 145 Å². The lowest BCUT2D eigenvalue weighted by Gasteiger charge is -2.08. The van der Waals surface area contributed by atoms with Crippen LogP contribution in [-0.2, 0) is 0 Å². The number of nitrogens with one attached hydrogen (secondary N) is 2. The molecule has 1 amide bonds. The minimum atomic E-state index is -0.384. The van der Waals surface area contributed by atoms with Gasteiger partial charge in [-0.25, -0.2) is 0 Å². The zero-order valence-electron chi connectivity index (χ0n) is 13.5. The predicted octanol–water partition coefficient (Wildman–Crippen LogP) is 3.65. The Bertz CT molecular complexity index is 945. The highest BCUT2D eigenvalue weighted by Crippen LogP contribution is 2.18.